The molecule has 1 aromatic rings. The molecule has 1 N–H and O–H groups in total. The van der Waals surface area contributed by atoms with Crippen molar-refractivity contribution in [3.05, 3.63) is 24.3 Å². The van der Waals surface area contributed by atoms with E-state index >= 15 is 0 Å². The zero-order valence-electron chi connectivity index (χ0n) is 12.6. The topological polar surface area (TPSA) is 54.3 Å². The van der Waals surface area contributed by atoms with E-state index in [-0.39, 0.29) is 23.9 Å². The average molecular weight is 274 g/mol. The van der Waals surface area contributed by atoms with Crippen LogP contribution in [0.5, 0.6) is 5.75 Å². The Bertz CT molecular complexity index is 500. The van der Waals surface area contributed by atoms with Crippen LogP contribution in [0.3, 0.4) is 0 Å². The molecule has 1 saturated heterocycles. The van der Waals surface area contributed by atoms with Gasteiger partial charge in [-0.2, -0.15) is 5.26 Å². The Morgan fingerprint density at radius 1 is 1.30 bits per heavy atom. The van der Waals surface area contributed by atoms with Crippen LogP contribution in [0.4, 0.5) is 5.69 Å². The number of nitrogens with one attached hydrogen (secondary N) is 1. The molecule has 1 fully saturated rings. The molecule has 0 amide bonds. The SMILES string of the molecule is CC1(C)CC(Nc2ccc(OCC#N)cc2)C(C)(C)O1. The Morgan fingerprint density at radius 2 is 1.95 bits per heavy atom. The number of benzene rings is 1. The molecule has 108 valence electrons. The minimum Gasteiger partial charge on any atom is -0.479 e. The molecule has 1 unspecified atom stereocenters. The van der Waals surface area contributed by atoms with Gasteiger partial charge in [0.05, 0.1) is 17.2 Å². The third-order valence-corrected chi connectivity index (χ3v) is 3.57. The van der Waals surface area contributed by atoms with Crippen LogP contribution in [0.1, 0.15) is 34.1 Å². The molecular weight excluding hydrogens is 252 g/mol. The molecule has 0 radical (unpaired) electrons. The molecule has 0 aliphatic carbocycles. The molecule has 1 aromatic carbocycles. The summed E-state index contributed by atoms with van der Waals surface area (Å²) in [6, 6.07) is 9.89. The van der Waals surface area contributed by atoms with E-state index in [1.165, 1.54) is 0 Å². The predicted octanol–water partition coefficient (Wildman–Crippen LogP) is 3.35. The van der Waals surface area contributed by atoms with E-state index in [2.05, 4.69) is 33.0 Å². The summed E-state index contributed by atoms with van der Waals surface area (Å²) in [7, 11) is 0. The quantitative estimate of drug-likeness (QED) is 0.914. The fourth-order valence-electron chi connectivity index (χ4n) is 2.75. The lowest BCUT2D eigenvalue weighted by Gasteiger charge is -2.28. The highest BCUT2D eigenvalue weighted by molar-refractivity contribution is 5.48. The van der Waals surface area contributed by atoms with Gasteiger partial charge in [0.2, 0.25) is 0 Å². The molecule has 0 saturated carbocycles. The van der Waals surface area contributed by atoms with Gasteiger partial charge in [0.25, 0.3) is 0 Å². The maximum Gasteiger partial charge on any atom is 0.174 e. The second kappa shape index (κ2) is 5.34. The molecule has 4 heteroatoms. The number of nitriles is 1. The summed E-state index contributed by atoms with van der Waals surface area (Å²) in [6.45, 7) is 8.54. The van der Waals surface area contributed by atoms with Crippen LogP contribution in [0.15, 0.2) is 24.3 Å². The molecule has 0 spiro atoms. The average Bonchev–Trinajstić information content (AvgIpc) is 2.56. The van der Waals surface area contributed by atoms with Gasteiger partial charge < -0.3 is 14.8 Å². The normalized spacial score (nSPS) is 23.1. The summed E-state index contributed by atoms with van der Waals surface area (Å²) in [5.41, 5.74) is 0.741. The molecule has 1 heterocycles. The van der Waals surface area contributed by atoms with Gasteiger partial charge in [-0.1, -0.05) is 0 Å². The van der Waals surface area contributed by atoms with E-state index in [0.717, 1.165) is 12.1 Å². The number of ether oxygens (including phenoxy) is 2. The van der Waals surface area contributed by atoms with E-state index in [1.54, 1.807) is 0 Å². The predicted molar refractivity (Wildman–Crippen MR) is 78.8 cm³/mol. The zero-order valence-corrected chi connectivity index (χ0v) is 12.6. The summed E-state index contributed by atoms with van der Waals surface area (Å²) in [5, 5.41) is 12.0. The minimum absolute atomic E-state index is 0.0739. The second-order valence-corrected chi connectivity index (χ2v) is 6.34. The van der Waals surface area contributed by atoms with E-state index in [4.69, 9.17) is 14.7 Å². The monoisotopic (exact) mass is 274 g/mol. The number of anilines is 1. The first-order valence-electron chi connectivity index (χ1n) is 6.89. The highest BCUT2D eigenvalue weighted by Gasteiger charge is 2.45. The van der Waals surface area contributed by atoms with Gasteiger partial charge in [-0.05, 0) is 58.4 Å². The van der Waals surface area contributed by atoms with Crippen molar-refractivity contribution < 1.29 is 9.47 Å². The lowest BCUT2D eigenvalue weighted by atomic mass is 9.94. The number of rotatable bonds is 4. The minimum atomic E-state index is -0.195. The smallest absolute Gasteiger partial charge is 0.174 e. The van der Waals surface area contributed by atoms with Crippen LogP contribution in [-0.2, 0) is 4.74 Å². The van der Waals surface area contributed by atoms with Crippen molar-refractivity contribution in [3.63, 3.8) is 0 Å². The summed E-state index contributed by atoms with van der Waals surface area (Å²) in [4.78, 5) is 0. The van der Waals surface area contributed by atoms with Gasteiger partial charge in [0, 0.05) is 5.69 Å². The third-order valence-electron chi connectivity index (χ3n) is 3.57. The molecule has 2 rings (SSSR count). The lowest BCUT2D eigenvalue weighted by molar-refractivity contribution is -0.0662. The fraction of sp³-hybridized carbons (Fsp3) is 0.562. The Labute approximate surface area is 120 Å². The number of nitrogens with zero attached hydrogens (tertiary/aromatic N) is 1. The molecule has 4 nitrogen and oxygen atoms in total. The van der Waals surface area contributed by atoms with Gasteiger partial charge in [-0.15, -0.1) is 0 Å². The van der Waals surface area contributed by atoms with Crippen molar-refractivity contribution in [2.24, 2.45) is 0 Å². The van der Waals surface area contributed by atoms with Gasteiger partial charge >= 0.3 is 0 Å². The second-order valence-electron chi connectivity index (χ2n) is 6.34. The highest BCUT2D eigenvalue weighted by Crippen LogP contribution is 2.38. The van der Waals surface area contributed by atoms with Gasteiger partial charge in [0.15, 0.2) is 6.61 Å². The standard InChI is InChI=1S/C16H22N2O2/c1-15(2)11-14(16(3,4)20-15)18-12-5-7-13(8-6-12)19-10-9-17/h5-8,14,18H,10-11H2,1-4H3. The van der Waals surface area contributed by atoms with E-state index in [0.29, 0.717) is 5.75 Å². The maximum atomic E-state index is 8.48. The molecule has 0 bridgehead atoms. The number of hydrogen-bond acceptors (Lipinski definition) is 4. The molecule has 1 aliphatic heterocycles. The fourth-order valence-corrected chi connectivity index (χ4v) is 2.75. The Hall–Kier alpha value is -1.73. The maximum absolute atomic E-state index is 8.48. The third kappa shape index (κ3) is 3.43. The molecule has 1 atom stereocenters. The van der Waals surface area contributed by atoms with E-state index in [9.17, 15) is 0 Å². The van der Waals surface area contributed by atoms with Crippen molar-refractivity contribution in [2.75, 3.05) is 11.9 Å². The van der Waals surface area contributed by atoms with Crippen molar-refractivity contribution in [3.8, 4) is 11.8 Å². The van der Waals surface area contributed by atoms with Crippen LogP contribution >= 0.6 is 0 Å². The van der Waals surface area contributed by atoms with Crippen LogP contribution in [0.25, 0.3) is 0 Å². The number of hydrogen-bond donors (Lipinski definition) is 1. The van der Waals surface area contributed by atoms with Crippen molar-refractivity contribution >= 4 is 5.69 Å². The largest absolute Gasteiger partial charge is 0.479 e. The first kappa shape index (κ1) is 14.7. The van der Waals surface area contributed by atoms with Gasteiger partial charge in [0.1, 0.15) is 11.8 Å². The lowest BCUT2D eigenvalue weighted by Crippen LogP contribution is -2.38. The highest BCUT2D eigenvalue weighted by atomic mass is 16.5. The van der Waals surface area contributed by atoms with Crippen molar-refractivity contribution in [1.82, 2.24) is 0 Å². The summed E-state index contributed by atoms with van der Waals surface area (Å²) in [5.74, 6) is 0.708. The first-order chi connectivity index (χ1) is 9.32. The van der Waals surface area contributed by atoms with Gasteiger partial charge in [-0.25, -0.2) is 0 Å². The molecule has 0 aromatic heterocycles. The van der Waals surface area contributed by atoms with Crippen LogP contribution in [0.2, 0.25) is 0 Å². The van der Waals surface area contributed by atoms with Crippen molar-refractivity contribution in [2.45, 2.75) is 51.4 Å². The summed E-state index contributed by atoms with van der Waals surface area (Å²) in [6.07, 6.45) is 0.965. The summed E-state index contributed by atoms with van der Waals surface area (Å²) < 4.78 is 11.3. The molecule has 20 heavy (non-hydrogen) atoms. The molecule has 1 aliphatic rings. The van der Waals surface area contributed by atoms with E-state index < -0.39 is 0 Å². The van der Waals surface area contributed by atoms with Crippen LogP contribution in [-0.4, -0.2) is 23.9 Å². The Balaban J connectivity index is 2.02. The van der Waals surface area contributed by atoms with Crippen molar-refractivity contribution in [1.29, 1.82) is 5.26 Å². The van der Waals surface area contributed by atoms with E-state index in [1.807, 2.05) is 30.3 Å². The first-order valence-corrected chi connectivity index (χ1v) is 6.89. The molecular formula is C16H22N2O2. The van der Waals surface area contributed by atoms with Gasteiger partial charge in [-0.3, -0.25) is 0 Å². The zero-order chi connectivity index (χ0) is 14.8. The summed E-state index contributed by atoms with van der Waals surface area (Å²) >= 11 is 0. The van der Waals surface area contributed by atoms with Crippen LogP contribution < -0.4 is 10.1 Å². The van der Waals surface area contributed by atoms with Crippen LogP contribution in [0, 0.1) is 11.3 Å². The Kier molecular flexibility index (Phi) is 3.92. The Morgan fingerprint density at radius 3 is 2.45 bits per heavy atom.